The number of hydrogen-bond donors (Lipinski definition) is 0. The highest BCUT2D eigenvalue weighted by atomic mass is 16.5. The van der Waals surface area contributed by atoms with Gasteiger partial charge in [-0.1, -0.05) is 0 Å². The van der Waals surface area contributed by atoms with Crippen molar-refractivity contribution in [1.82, 2.24) is 0 Å². The summed E-state index contributed by atoms with van der Waals surface area (Å²) in [6.07, 6.45) is 8.32. The SMILES string of the molecule is COC1CCCC(OC)CCC1. The van der Waals surface area contributed by atoms with Crippen molar-refractivity contribution >= 4 is 0 Å². The molecule has 12 heavy (non-hydrogen) atoms. The summed E-state index contributed by atoms with van der Waals surface area (Å²) < 4.78 is 10.7. The molecule has 1 saturated carbocycles. The van der Waals surface area contributed by atoms with Crippen molar-refractivity contribution in [3.63, 3.8) is 0 Å². The predicted octanol–water partition coefficient (Wildman–Crippen LogP) is 2.37. The maximum Gasteiger partial charge on any atom is 0.0571 e. The Kier molecular flexibility index (Phi) is 4.62. The molecule has 0 aromatic carbocycles. The third-order valence-corrected chi connectivity index (χ3v) is 2.77. The summed E-state index contributed by atoms with van der Waals surface area (Å²) in [5, 5.41) is 0. The van der Waals surface area contributed by atoms with E-state index in [2.05, 4.69) is 0 Å². The first kappa shape index (κ1) is 10.0. The van der Waals surface area contributed by atoms with Gasteiger partial charge in [-0.25, -0.2) is 0 Å². The maximum atomic E-state index is 5.35. The average Bonchev–Trinajstić information content (AvgIpc) is 2.05. The van der Waals surface area contributed by atoms with Crippen molar-refractivity contribution in [3.8, 4) is 0 Å². The summed E-state index contributed by atoms with van der Waals surface area (Å²) in [4.78, 5) is 0. The first-order valence-corrected chi connectivity index (χ1v) is 4.92. The van der Waals surface area contributed by atoms with Gasteiger partial charge in [0, 0.05) is 14.2 Å². The molecule has 0 amide bonds. The topological polar surface area (TPSA) is 18.5 Å². The minimum absolute atomic E-state index is 0.503. The molecule has 0 aromatic rings. The van der Waals surface area contributed by atoms with Gasteiger partial charge in [-0.05, 0) is 38.5 Å². The molecule has 2 nitrogen and oxygen atoms in total. The zero-order valence-electron chi connectivity index (χ0n) is 8.21. The Hall–Kier alpha value is -0.0800. The van der Waals surface area contributed by atoms with Crippen molar-refractivity contribution in [2.75, 3.05) is 14.2 Å². The van der Waals surface area contributed by atoms with Crippen molar-refractivity contribution < 1.29 is 9.47 Å². The zero-order chi connectivity index (χ0) is 8.81. The Morgan fingerprint density at radius 1 is 0.750 bits per heavy atom. The second-order valence-electron chi connectivity index (χ2n) is 3.58. The molecule has 0 spiro atoms. The van der Waals surface area contributed by atoms with Crippen LogP contribution in [0.2, 0.25) is 0 Å². The lowest BCUT2D eigenvalue weighted by atomic mass is 9.96. The second-order valence-corrected chi connectivity index (χ2v) is 3.58. The average molecular weight is 172 g/mol. The predicted molar refractivity (Wildman–Crippen MR) is 49.3 cm³/mol. The molecule has 1 rings (SSSR count). The molecule has 1 aliphatic rings. The molecule has 72 valence electrons. The van der Waals surface area contributed by atoms with E-state index in [1.807, 2.05) is 14.2 Å². The van der Waals surface area contributed by atoms with E-state index in [1.54, 1.807) is 0 Å². The highest BCUT2D eigenvalue weighted by Crippen LogP contribution is 2.20. The van der Waals surface area contributed by atoms with Gasteiger partial charge in [0.15, 0.2) is 0 Å². The minimum atomic E-state index is 0.503. The summed E-state index contributed by atoms with van der Waals surface area (Å²) >= 11 is 0. The van der Waals surface area contributed by atoms with Crippen molar-refractivity contribution in [1.29, 1.82) is 0 Å². The Labute approximate surface area is 75.2 Å². The smallest absolute Gasteiger partial charge is 0.0571 e. The molecular formula is C10H20O2. The number of rotatable bonds is 2. The van der Waals surface area contributed by atoms with E-state index >= 15 is 0 Å². The van der Waals surface area contributed by atoms with E-state index in [-0.39, 0.29) is 0 Å². The molecule has 0 heterocycles. The molecule has 0 saturated heterocycles. The van der Waals surface area contributed by atoms with Crippen LogP contribution in [-0.4, -0.2) is 26.4 Å². The lowest BCUT2D eigenvalue weighted by molar-refractivity contribution is 0.0413. The third kappa shape index (κ3) is 3.11. The number of ether oxygens (including phenoxy) is 2. The molecule has 1 aliphatic carbocycles. The Morgan fingerprint density at radius 3 is 1.33 bits per heavy atom. The lowest BCUT2D eigenvalue weighted by Gasteiger charge is -2.22. The summed E-state index contributed by atoms with van der Waals surface area (Å²) in [6.45, 7) is 0. The van der Waals surface area contributed by atoms with Crippen LogP contribution in [-0.2, 0) is 9.47 Å². The maximum absolute atomic E-state index is 5.35. The molecule has 0 N–H and O–H groups in total. The zero-order valence-corrected chi connectivity index (χ0v) is 8.21. The third-order valence-electron chi connectivity index (χ3n) is 2.77. The molecule has 0 aromatic heterocycles. The molecule has 1 fully saturated rings. The van der Waals surface area contributed by atoms with Crippen molar-refractivity contribution in [3.05, 3.63) is 0 Å². The van der Waals surface area contributed by atoms with Crippen LogP contribution in [0.5, 0.6) is 0 Å². The quantitative estimate of drug-likeness (QED) is 0.636. The van der Waals surface area contributed by atoms with Crippen LogP contribution in [0, 0.1) is 0 Å². The second kappa shape index (κ2) is 5.55. The normalized spacial score (nSPS) is 32.5. The van der Waals surface area contributed by atoms with Gasteiger partial charge in [-0.2, -0.15) is 0 Å². The van der Waals surface area contributed by atoms with Crippen LogP contribution in [0.15, 0.2) is 0 Å². The van der Waals surface area contributed by atoms with E-state index in [0.717, 1.165) is 0 Å². The fraction of sp³-hybridized carbons (Fsp3) is 1.00. The fourth-order valence-corrected chi connectivity index (χ4v) is 1.91. The van der Waals surface area contributed by atoms with Crippen LogP contribution in [0.25, 0.3) is 0 Å². The standard InChI is InChI=1S/C10H20O2/c1-11-9-5-3-7-10(12-2)8-4-6-9/h9-10H,3-8H2,1-2H3. The Balaban J connectivity index is 2.24. The van der Waals surface area contributed by atoms with E-state index in [4.69, 9.17) is 9.47 Å². The number of methoxy groups -OCH3 is 2. The van der Waals surface area contributed by atoms with E-state index in [1.165, 1.54) is 38.5 Å². The van der Waals surface area contributed by atoms with Crippen LogP contribution in [0.4, 0.5) is 0 Å². The Morgan fingerprint density at radius 2 is 1.08 bits per heavy atom. The molecule has 0 bridgehead atoms. The van der Waals surface area contributed by atoms with Gasteiger partial charge in [0.05, 0.1) is 12.2 Å². The molecule has 0 unspecified atom stereocenters. The molecule has 0 atom stereocenters. The van der Waals surface area contributed by atoms with Crippen LogP contribution >= 0.6 is 0 Å². The van der Waals surface area contributed by atoms with E-state index < -0.39 is 0 Å². The van der Waals surface area contributed by atoms with Gasteiger partial charge < -0.3 is 9.47 Å². The van der Waals surface area contributed by atoms with Crippen LogP contribution < -0.4 is 0 Å². The van der Waals surface area contributed by atoms with Crippen molar-refractivity contribution in [2.24, 2.45) is 0 Å². The van der Waals surface area contributed by atoms with Gasteiger partial charge in [-0.3, -0.25) is 0 Å². The monoisotopic (exact) mass is 172 g/mol. The number of hydrogen-bond acceptors (Lipinski definition) is 2. The first-order valence-electron chi connectivity index (χ1n) is 4.92. The lowest BCUT2D eigenvalue weighted by Crippen LogP contribution is -2.18. The fourth-order valence-electron chi connectivity index (χ4n) is 1.91. The van der Waals surface area contributed by atoms with Gasteiger partial charge in [0.1, 0.15) is 0 Å². The molecule has 0 radical (unpaired) electrons. The van der Waals surface area contributed by atoms with Crippen LogP contribution in [0.3, 0.4) is 0 Å². The minimum Gasteiger partial charge on any atom is -0.381 e. The molecular weight excluding hydrogens is 152 g/mol. The van der Waals surface area contributed by atoms with E-state index in [9.17, 15) is 0 Å². The highest BCUT2D eigenvalue weighted by Gasteiger charge is 2.15. The summed E-state index contributed by atoms with van der Waals surface area (Å²) in [6, 6.07) is 0. The van der Waals surface area contributed by atoms with Gasteiger partial charge in [0.25, 0.3) is 0 Å². The Bertz CT molecular complexity index is 92.4. The summed E-state index contributed by atoms with van der Waals surface area (Å²) in [7, 11) is 3.64. The van der Waals surface area contributed by atoms with E-state index in [0.29, 0.717) is 12.2 Å². The van der Waals surface area contributed by atoms with Crippen LogP contribution in [0.1, 0.15) is 38.5 Å². The molecule has 2 heteroatoms. The van der Waals surface area contributed by atoms with Gasteiger partial charge >= 0.3 is 0 Å². The highest BCUT2D eigenvalue weighted by molar-refractivity contribution is 4.68. The van der Waals surface area contributed by atoms with Gasteiger partial charge in [0.2, 0.25) is 0 Å². The van der Waals surface area contributed by atoms with Gasteiger partial charge in [-0.15, -0.1) is 0 Å². The molecule has 0 aliphatic heterocycles. The summed E-state index contributed by atoms with van der Waals surface area (Å²) in [5.41, 5.74) is 0. The summed E-state index contributed by atoms with van der Waals surface area (Å²) in [5.74, 6) is 0. The largest absolute Gasteiger partial charge is 0.381 e. The van der Waals surface area contributed by atoms with Crippen molar-refractivity contribution in [2.45, 2.75) is 50.7 Å². The first-order chi connectivity index (χ1) is 5.86.